The minimum Gasteiger partial charge on any atom is -0.508 e. The molecule has 0 radical (unpaired) electrons. The van der Waals surface area contributed by atoms with Crippen molar-refractivity contribution in [3.63, 3.8) is 0 Å². The molecule has 0 aliphatic carbocycles. The van der Waals surface area contributed by atoms with Crippen LogP contribution >= 0.6 is 0 Å². The van der Waals surface area contributed by atoms with Crippen molar-refractivity contribution in [3.8, 4) is 5.75 Å². The van der Waals surface area contributed by atoms with Crippen LogP contribution in [0.1, 0.15) is 90.2 Å². The molecule has 0 unspecified atom stereocenters. The zero-order valence-corrected chi connectivity index (χ0v) is 35.2. The number of phenols is 1. The molecule has 4 fully saturated rings. The van der Waals surface area contributed by atoms with Crippen molar-refractivity contribution in [1.29, 1.82) is 0 Å². The number of benzene rings is 2. The van der Waals surface area contributed by atoms with E-state index in [0.717, 1.165) is 5.56 Å². The molecular formula is C45H61N7O8. The standard InChI is InChI=1S/C45H61N7O8/c1-5-27(3)37-42(57)47-33(25-29-13-8-7-9-14-29)44(59)50-22-10-15-34(50)39(54)46-32(26-30-18-20-31(53)21-19-30)43(58)51-23-11-16-35(51)41(56)49-38(28(4)6-2)45(60)52-24-12-17-36(52)40(55)48-37/h7-9,13-14,18-21,27-28,32-38,53H,5-6,10-12,15-17,22-26H2,1-4H3,(H,46,54)(H,47,57)(H,48,55)(H,49,56)/t27-,28-,32-,33-,34-,35-,36-,37-,38-/m0/s1. The number of phenolic OH excluding ortho intramolecular Hbond substituents is 1. The van der Waals surface area contributed by atoms with E-state index in [0.29, 0.717) is 56.9 Å². The van der Waals surface area contributed by atoms with Crippen LogP contribution in [-0.4, -0.2) is 123 Å². The highest BCUT2D eigenvalue weighted by molar-refractivity contribution is 5.99. The van der Waals surface area contributed by atoms with Crippen molar-refractivity contribution >= 4 is 41.4 Å². The molecule has 7 amide bonds. The predicted octanol–water partition coefficient (Wildman–Crippen LogP) is 2.20. The van der Waals surface area contributed by atoms with Crippen LogP contribution in [0.4, 0.5) is 0 Å². The number of hydrogen-bond acceptors (Lipinski definition) is 8. The Bertz CT molecular complexity index is 1890. The van der Waals surface area contributed by atoms with Gasteiger partial charge in [0.05, 0.1) is 0 Å². The Morgan fingerprint density at radius 2 is 0.933 bits per heavy atom. The smallest absolute Gasteiger partial charge is 0.246 e. The Balaban J connectivity index is 1.40. The number of carbonyl (C=O) groups excluding carboxylic acids is 7. The van der Waals surface area contributed by atoms with Crippen molar-refractivity contribution in [2.75, 3.05) is 19.6 Å². The third-order valence-corrected chi connectivity index (χ3v) is 13.0. The predicted molar refractivity (Wildman–Crippen MR) is 223 cm³/mol. The van der Waals surface area contributed by atoms with Gasteiger partial charge in [-0.1, -0.05) is 83.0 Å². The first-order valence-electron chi connectivity index (χ1n) is 21.8. The van der Waals surface area contributed by atoms with Gasteiger partial charge < -0.3 is 41.1 Å². The number of nitrogens with zero attached hydrogens (tertiary/aromatic N) is 3. The topological polar surface area (TPSA) is 198 Å². The van der Waals surface area contributed by atoms with Gasteiger partial charge in [-0.3, -0.25) is 33.6 Å². The molecular weight excluding hydrogens is 767 g/mol. The van der Waals surface area contributed by atoms with E-state index in [-0.39, 0.29) is 50.1 Å². The number of fused-ring (bicyclic) bond motifs is 3. The van der Waals surface area contributed by atoms with E-state index in [9.17, 15) is 38.7 Å². The van der Waals surface area contributed by atoms with Crippen LogP contribution in [0.5, 0.6) is 5.75 Å². The van der Waals surface area contributed by atoms with Gasteiger partial charge in [0, 0.05) is 32.5 Å². The number of rotatable bonds is 8. The van der Waals surface area contributed by atoms with Crippen LogP contribution in [-0.2, 0) is 46.4 Å². The second kappa shape index (κ2) is 19.7. The highest BCUT2D eigenvalue weighted by Crippen LogP contribution is 2.26. The van der Waals surface area contributed by atoms with E-state index in [1.807, 2.05) is 58.0 Å². The zero-order chi connectivity index (χ0) is 43.1. The molecule has 6 rings (SSSR count). The molecule has 0 saturated carbocycles. The minimum atomic E-state index is -1.13. The van der Waals surface area contributed by atoms with Crippen LogP contribution in [0.25, 0.3) is 0 Å². The average molecular weight is 828 g/mol. The average Bonchev–Trinajstić information content (AvgIpc) is 4.06. The molecule has 15 heteroatoms. The van der Waals surface area contributed by atoms with Gasteiger partial charge in [0.25, 0.3) is 0 Å². The monoisotopic (exact) mass is 827 g/mol. The molecule has 2 aromatic carbocycles. The minimum absolute atomic E-state index is 0.0378. The maximum absolute atomic E-state index is 14.7. The maximum atomic E-state index is 14.7. The van der Waals surface area contributed by atoms with E-state index in [4.69, 9.17) is 0 Å². The first-order valence-corrected chi connectivity index (χ1v) is 21.8. The van der Waals surface area contributed by atoms with Gasteiger partial charge in [-0.05, 0) is 73.6 Å². The van der Waals surface area contributed by atoms with Crippen molar-refractivity contribution in [1.82, 2.24) is 36.0 Å². The Labute approximate surface area is 352 Å². The molecule has 4 heterocycles. The lowest BCUT2D eigenvalue weighted by atomic mass is 9.95. The molecule has 15 nitrogen and oxygen atoms in total. The van der Waals surface area contributed by atoms with Gasteiger partial charge in [-0.25, -0.2) is 0 Å². The quantitative estimate of drug-likeness (QED) is 0.267. The lowest BCUT2D eigenvalue weighted by molar-refractivity contribution is -0.145. The summed E-state index contributed by atoms with van der Waals surface area (Å²) in [5, 5.41) is 21.8. The molecule has 5 N–H and O–H groups in total. The van der Waals surface area contributed by atoms with Crippen LogP contribution in [0.2, 0.25) is 0 Å². The lowest BCUT2D eigenvalue weighted by Gasteiger charge is -2.34. The van der Waals surface area contributed by atoms with E-state index in [1.54, 1.807) is 12.1 Å². The van der Waals surface area contributed by atoms with Crippen LogP contribution in [0.15, 0.2) is 54.6 Å². The molecule has 4 aliphatic rings. The van der Waals surface area contributed by atoms with Crippen molar-refractivity contribution in [2.24, 2.45) is 11.8 Å². The number of amides is 7. The number of hydrogen-bond donors (Lipinski definition) is 5. The van der Waals surface area contributed by atoms with Crippen molar-refractivity contribution < 1.29 is 38.7 Å². The molecule has 4 aliphatic heterocycles. The fraction of sp³-hybridized carbons (Fsp3) is 0.578. The maximum Gasteiger partial charge on any atom is 0.246 e. The van der Waals surface area contributed by atoms with E-state index in [2.05, 4.69) is 21.3 Å². The highest BCUT2D eigenvalue weighted by Gasteiger charge is 2.45. The summed E-state index contributed by atoms with van der Waals surface area (Å²) >= 11 is 0. The first kappa shape index (κ1) is 44.1. The SMILES string of the molecule is CC[C@H](C)[C@@H]1NC(=O)[C@@H]2CCCN2C(=O)[C@H]([C@@H](C)CC)NC(=O)[C@@H]2CCCN2C(=O)[C@H](Cc2ccc(O)cc2)NC(=O)[C@@H]2CCCN2C(=O)[C@H](Cc2ccccc2)NC1=O. The summed E-state index contributed by atoms with van der Waals surface area (Å²) in [5.74, 6) is -4.06. The first-order chi connectivity index (χ1) is 28.8. The number of nitrogens with one attached hydrogen (secondary N) is 4. The van der Waals surface area contributed by atoms with Gasteiger partial charge in [0.2, 0.25) is 41.4 Å². The molecule has 0 aromatic heterocycles. The van der Waals surface area contributed by atoms with E-state index < -0.39 is 83.6 Å². The fourth-order valence-corrected chi connectivity index (χ4v) is 9.02. The normalized spacial score (nSPS) is 28.4. The summed E-state index contributed by atoms with van der Waals surface area (Å²) in [7, 11) is 0. The summed E-state index contributed by atoms with van der Waals surface area (Å²) in [5.41, 5.74) is 1.44. The van der Waals surface area contributed by atoms with Gasteiger partial charge in [-0.15, -0.1) is 0 Å². The third kappa shape index (κ3) is 9.93. The number of aromatic hydroxyl groups is 1. The Morgan fingerprint density at radius 1 is 0.533 bits per heavy atom. The molecule has 0 spiro atoms. The molecule has 4 saturated heterocycles. The molecule has 324 valence electrons. The largest absolute Gasteiger partial charge is 0.508 e. The lowest BCUT2D eigenvalue weighted by Crippen LogP contribution is -2.61. The van der Waals surface area contributed by atoms with Crippen LogP contribution < -0.4 is 21.3 Å². The van der Waals surface area contributed by atoms with Crippen molar-refractivity contribution in [2.45, 2.75) is 134 Å². The van der Waals surface area contributed by atoms with Gasteiger partial charge in [0.1, 0.15) is 48.0 Å². The van der Waals surface area contributed by atoms with Crippen LogP contribution in [0, 0.1) is 11.8 Å². The highest BCUT2D eigenvalue weighted by atomic mass is 16.3. The summed E-state index contributed by atoms with van der Waals surface area (Å²) in [4.78, 5) is 105. The Morgan fingerprint density at radius 3 is 1.42 bits per heavy atom. The third-order valence-electron chi connectivity index (χ3n) is 13.0. The van der Waals surface area contributed by atoms with E-state index >= 15 is 0 Å². The van der Waals surface area contributed by atoms with Gasteiger partial charge in [-0.2, -0.15) is 0 Å². The van der Waals surface area contributed by atoms with E-state index in [1.165, 1.54) is 26.8 Å². The Kier molecular flexibility index (Phi) is 14.5. The second-order valence-corrected chi connectivity index (χ2v) is 17.0. The number of carbonyl (C=O) groups is 7. The van der Waals surface area contributed by atoms with Crippen LogP contribution in [0.3, 0.4) is 0 Å². The molecule has 0 bridgehead atoms. The Hall–Kier alpha value is -5.47. The molecule has 60 heavy (non-hydrogen) atoms. The molecule has 2 aromatic rings. The molecule has 9 atom stereocenters. The summed E-state index contributed by atoms with van der Waals surface area (Å²) in [6.07, 6.45) is 3.88. The van der Waals surface area contributed by atoms with Gasteiger partial charge in [0.15, 0.2) is 0 Å². The fourth-order valence-electron chi connectivity index (χ4n) is 9.02. The van der Waals surface area contributed by atoms with Crippen molar-refractivity contribution in [3.05, 3.63) is 65.7 Å². The summed E-state index contributed by atoms with van der Waals surface area (Å²) in [6.45, 7) is 8.31. The zero-order valence-electron chi connectivity index (χ0n) is 35.2. The van der Waals surface area contributed by atoms with Gasteiger partial charge >= 0.3 is 0 Å². The summed E-state index contributed by atoms with van der Waals surface area (Å²) in [6, 6.07) is 8.53. The summed E-state index contributed by atoms with van der Waals surface area (Å²) < 4.78 is 0. The second-order valence-electron chi connectivity index (χ2n) is 17.0.